The molecule has 1 aromatic rings. The molecule has 1 aliphatic carbocycles. The van der Waals surface area contributed by atoms with Crippen molar-refractivity contribution in [2.24, 2.45) is 5.92 Å². The quantitative estimate of drug-likeness (QED) is 0.665. The van der Waals surface area contributed by atoms with Gasteiger partial charge in [0, 0.05) is 24.9 Å². The zero-order valence-corrected chi connectivity index (χ0v) is 9.03. The SMILES string of the molecule is O=C(c1ccccc1)N1CC2CCC1(F)C2. The lowest BCUT2D eigenvalue weighted by Gasteiger charge is -2.32. The van der Waals surface area contributed by atoms with E-state index in [9.17, 15) is 9.18 Å². The van der Waals surface area contributed by atoms with Gasteiger partial charge in [0.1, 0.15) is 0 Å². The molecule has 3 heteroatoms. The zero-order chi connectivity index (χ0) is 11.2. The summed E-state index contributed by atoms with van der Waals surface area (Å²) in [7, 11) is 0. The van der Waals surface area contributed by atoms with Crippen molar-refractivity contribution in [1.29, 1.82) is 0 Å². The van der Waals surface area contributed by atoms with E-state index in [1.54, 1.807) is 12.1 Å². The molecule has 0 spiro atoms. The summed E-state index contributed by atoms with van der Waals surface area (Å²) in [5, 5.41) is 0. The van der Waals surface area contributed by atoms with Gasteiger partial charge in [0.2, 0.25) is 0 Å². The predicted molar refractivity (Wildman–Crippen MR) is 58.7 cm³/mol. The van der Waals surface area contributed by atoms with E-state index in [0.717, 1.165) is 6.42 Å². The van der Waals surface area contributed by atoms with Gasteiger partial charge < -0.3 is 4.90 Å². The van der Waals surface area contributed by atoms with Gasteiger partial charge in [-0.3, -0.25) is 4.79 Å². The molecule has 1 amide bonds. The molecule has 2 bridgehead atoms. The third-order valence-corrected chi connectivity index (χ3v) is 3.73. The van der Waals surface area contributed by atoms with Crippen LogP contribution < -0.4 is 0 Å². The van der Waals surface area contributed by atoms with Crippen LogP contribution in [0.15, 0.2) is 30.3 Å². The first-order valence-corrected chi connectivity index (χ1v) is 5.75. The number of nitrogens with zero attached hydrogens (tertiary/aromatic N) is 1. The summed E-state index contributed by atoms with van der Waals surface area (Å²) >= 11 is 0. The first kappa shape index (κ1) is 9.82. The molecular formula is C13H14FNO. The van der Waals surface area contributed by atoms with E-state index in [1.165, 1.54) is 4.90 Å². The summed E-state index contributed by atoms with van der Waals surface area (Å²) in [4.78, 5) is 13.6. The van der Waals surface area contributed by atoms with E-state index in [4.69, 9.17) is 0 Å². The number of benzene rings is 1. The second kappa shape index (κ2) is 3.30. The number of carbonyl (C=O) groups excluding carboxylic acids is 1. The van der Waals surface area contributed by atoms with Gasteiger partial charge >= 0.3 is 0 Å². The molecule has 1 aromatic carbocycles. The van der Waals surface area contributed by atoms with Gasteiger partial charge in [-0.1, -0.05) is 18.2 Å². The van der Waals surface area contributed by atoms with Crippen molar-refractivity contribution in [3.8, 4) is 0 Å². The first-order chi connectivity index (χ1) is 7.69. The third-order valence-electron chi connectivity index (χ3n) is 3.73. The average molecular weight is 219 g/mol. The van der Waals surface area contributed by atoms with Crippen LogP contribution in [0.25, 0.3) is 0 Å². The second-order valence-corrected chi connectivity index (χ2v) is 4.81. The normalized spacial score (nSPS) is 32.1. The van der Waals surface area contributed by atoms with Crippen LogP contribution in [0.5, 0.6) is 0 Å². The van der Waals surface area contributed by atoms with Crippen molar-refractivity contribution in [3.05, 3.63) is 35.9 Å². The molecule has 2 nitrogen and oxygen atoms in total. The molecule has 1 saturated carbocycles. The Hall–Kier alpha value is -1.38. The minimum atomic E-state index is -1.36. The molecule has 2 fully saturated rings. The monoisotopic (exact) mass is 219 g/mol. The molecule has 1 saturated heterocycles. The fourth-order valence-corrected chi connectivity index (χ4v) is 2.90. The van der Waals surface area contributed by atoms with Crippen LogP contribution in [0.2, 0.25) is 0 Å². The predicted octanol–water partition coefficient (Wildman–Crippen LogP) is 2.61. The minimum Gasteiger partial charge on any atom is -0.306 e. The highest BCUT2D eigenvalue weighted by Gasteiger charge is 2.53. The Morgan fingerprint density at radius 1 is 1.38 bits per heavy atom. The van der Waals surface area contributed by atoms with Crippen LogP contribution in [-0.4, -0.2) is 23.1 Å². The lowest BCUT2D eigenvalue weighted by molar-refractivity contribution is 0.000940. The lowest BCUT2D eigenvalue weighted by Crippen LogP contribution is -2.45. The number of carbonyl (C=O) groups is 1. The molecular weight excluding hydrogens is 205 g/mol. The number of piperidine rings is 1. The largest absolute Gasteiger partial charge is 0.306 e. The van der Waals surface area contributed by atoms with Crippen LogP contribution in [-0.2, 0) is 0 Å². The van der Waals surface area contributed by atoms with Crippen LogP contribution >= 0.6 is 0 Å². The number of amides is 1. The molecule has 3 rings (SSSR count). The number of hydrogen-bond donors (Lipinski definition) is 0. The van der Waals surface area contributed by atoms with Crippen LogP contribution in [0, 0.1) is 5.92 Å². The summed E-state index contributed by atoms with van der Waals surface area (Å²) in [6.45, 7) is 0.588. The van der Waals surface area contributed by atoms with E-state index in [0.29, 0.717) is 30.9 Å². The molecule has 2 unspecified atom stereocenters. The molecule has 0 N–H and O–H groups in total. The Kier molecular flexibility index (Phi) is 2.03. The van der Waals surface area contributed by atoms with E-state index >= 15 is 0 Å². The zero-order valence-electron chi connectivity index (χ0n) is 9.03. The highest BCUT2D eigenvalue weighted by atomic mass is 19.1. The molecule has 1 aliphatic heterocycles. The van der Waals surface area contributed by atoms with Gasteiger partial charge in [-0.2, -0.15) is 0 Å². The topological polar surface area (TPSA) is 20.3 Å². The van der Waals surface area contributed by atoms with Crippen molar-refractivity contribution >= 4 is 5.91 Å². The van der Waals surface area contributed by atoms with Crippen molar-refractivity contribution in [1.82, 2.24) is 4.90 Å². The second-order valence-electron chi connectivity index (χ2n) is 4.81. The Morgan fingerprint density at radius 3 is 2.69 bits per heavy atom. The summed E-state index contributed by atoms with van der Waals surface area (Å²) < 4.78 is 14.4. The molecule has 1 heterocycles. The molecule has 0 radical (unpaired) electrons. The van der Waals surface area contributed by atoms with Gasteiger partial charge in [-0.25, -0.2) is 4.39 Å². The Bertz CT molecular complexity index is 419. The summed E-state index contributed by atoms with van der Waals surface area (Å²) in [6.07, 6.45) is 1.97. The standard InChI is InChI=1S/C13H14FNO/c14-13-7-6-10(8-13)9-15(13)12(16)11-4-2-1-3-5-11/h1-5,10H,6-9H2. The number of halogens is 1. The van der Waals surface area contributed by atoms with Gasteiger partial charge in [-0.15, -0.1) is 0 Å². The highest BCUT2D eigenvalue weighted by molar-refractivity contribution is 5.94. The van der Waals surface area contributed by atoms with E-state index in [1.807, 2.05) is 18.2 Å². The summed E-state index contributed by atoms with van der Waals surface area (Å²) in [5.74, 6) is -1.15. The number of hydrogen-bond acceptors (Lipinski definition) is 1. The maximum absolute atomic E-state index is 14.4. The van der Waals surface area contributed by atoms with Crippen LogP contribution in [0.1, 0.15) is 29.6 Å². The number of alkyl halides is 1. The lowest BCUT2D eigenvalue weighted by atomic mass is 10.1. The summed E-state index contributed by atoms with van der Waals surface area (Å²) in [5.41, 5.74) is 0.590. The molecule has 2 atom stereocenters. The van der Waals surface area contributed by atoms with Crippen molar-refractivity contribution in [2.45, 2.75) is 25.1 Å². The Balaban J connectivity index is 1.87. The van der Waals surface area contributed by atoms with Crippen molar-refractivity contribution < 1.29 is 9.18 Å². The Morgan fingerprint density at radius 2 is 2.12 bits per heavy atom. The molecule has 84 valence electrons. The average Bonchev–Trinajstić information content (AvgIpc) is 2.84. The highest BCUT2D eigenvalue weighted by Crippen LogP contribution is 2.47. The molecule has 2 aliphatic rings. The minimum absolute atomic E-state index is 0.162. The summed E-state index contributed by atoms with van der Waals surface area (Å²) in [6, 6.07) is 8.98. The fraction of sp³-hybridized carbons (Fsp3) is 0.462. The van der Waals surface area contributed by atoms with E-state index in [-0.39, 0.29) is 5.91 Å². The maximum Gasteiger partial charge on any atom is 0.256 e. The van der Waals surface area contributed by atoms with Gasteiger partial charge in [0.15, 0.2) is 5.79 Å². The third kappa shape index (κ3) is 1.34. The van der Waals surface area contributed by atoms with Crippen LogP contribution in [0.4, 0.5) is 4.39 Å². The van der Waals surface area contributed by atoms with Crippen molar-refractivity contribution in [2.75, 3.05) is 6.54 Å². The number of rotatable bonds is 1. The smallest absolute Gasteiger partial charge is 0.256 e. The maximum atomic E-state index is 14.4. The Labute approximate surface area is 94.1 Å². The van der Waals surface area contributed by atoms with Crippen molar-refractivity contribution in [3.63, 3.8) is 0 Å². The van der Waals surface area contributed by atoms with E-state index < -0.39 is 5.79 Å². The van der Waals surface area contributed by atoms with Gasteiger partial charge in [0.05, 0.1) is 0 Å². The molecule has 0 aromatic heterocycles. The van der Waals surface area contributed by atoms with Gasteiger partial charge in [0.25, 0.3) is 5.91 Å². The van der Waals surface area contributed by atoms with Crippen LogP contribution in [0.3, 0.4) is 0 Å². The number of likely N-dealkylation sites (tertiary alicyclic amines) is 1. The van der Waals surface area contributed by atoms with Gasteiger partial charge in [-0.05, 0) is 24.5 Å². The van der Waals surface area contributed by atoms with E-state index in [2.05, 4.69) is 0 Å². The fourth-order valence-electron chi connectivity index (χ4n) is 2.90. The molecule has 16 heavy (non-hydrogen) atoms. The first-order valence-electron chi connectivity index (χ1n) is 5.75. The number of fused-ring (bicyclic) bond motifs is 2.